The molecule has 2 heteroatoms. The molecule has 0 aromatic rings. The van der Waals surface area contributed by atoms with Gasteiger partial charge >= 0.3 is 0 Å². The highest BCUT2D eigenvalue weighted by Gasteiger charge is 2.16. The van der Waals surface area contributed by atoms with Crippen LogP contribution in [0.2, 0.25) is 0 Å². The predicted octanol–water partition coefficient (Wildman–Crippen LogP) is 0.723. The third-order valence-corrected chi connectivity index (χ3v) is 2.38. The van der Waals surface area contributed by atoms with Gasteiger partial charge in [0.05, 0.1) is 0 Å². The maximum atomic E-state index is 5.77. The molecule has 0 radical (unpaired) electrons. The summed E-state index contributed by atoms with van der Waals surface area (Å²) in [6.45, 7) is 1.17. The van der Waals surface area contributed by atoms with Crippen LogP contribution < -0.4 is 11.1 Å². The van der Waals surface area contributed by atoms with E-state index in [-0.39, 0.29) is 0 Å². The summed E-state index contributed by atoms with van der Waals surface area (Å²) >= 11 is 0. The lowest BCUT2D eigenvalue weighted by atomic mass is 9.86. The molecule has 0 saturated heterocycles. The molecule has 0 unspecified atom stereocenters. The topological polar surface area (TPSA) is 38.0 Å². The maximum absolute atomic E-state index is 5.77. The van der Waals surface area contributed by atoms with Crippen LogP contribution in [0, 0.1) is 5.92 Å². The molecule has 60 valence electrons. The van der Waals surface area contributed by atoms with Crippen molar-refractivity contribution in [2.45, 2.75) is 31.7 Å². The average molecular weight is 142 g/mol. The van der Waals surface area contributed by atoms with Gasteiger partial charge in [0.2, 0.25) is 0 Å². The van der Waals surface area contributed by atoms with Crippen molar-refractivity contribution in [1.29, 1.82) is 0 Å². The number of hydrogen-bond acceptors (Lipinski definition) is 2. The summed E-state index contributed by atoms with van der Waals surface area (Å²) in [7, 11) is 2.02. The molecule has 0 heterocycles. The van der Waals surface area contributed by atoms with E-state index in [1.807, 2.05) is 7.05 Å². The SMILES string of the molecule is CNC[C@H]1CC[C@H](N)CC1. The molecule has 0 amide bonds. The quantitative estimate of drug-likeness (QED) is 0.596. The Bertz CT molecular complexity index is 85.3. The molecule has 1 fully saturated rings. The average Bonchev–Trinajstić information content (AvgIpc) is 1.95. The first-order valence-corrected chi connectivity index (χ1v) is 4.23. The highest BCUT2D eigenvalue weighted by atomic mass is 14.8. The van der Waals surface area contributed by atoms with Crippen LogP contribution in [-0.2, 0) is 0 Å². The number of rotatable bonds is 2. The van der Waals surface area contributed by atoms with Crippen LogP contribution in [0.3, 0.4) is 0 Å². The normalized spacial score (nSPS) is 34.2. The van der Waals surface area contributed by atoms with Crippen molar-refractivity contribution in [1.82, 2.24) is 5.32 Å². The second-order valence-electron chi connectivity index (χ2n) is 3.34. The van der Waals surface area contributed by atoms with Crippen LogP contribution in [0.5, 0.6) is 0 Å². The molecule has 0 aromatic heterocycles. The van der Waals surface area contributed by atoms with Crippen molar-refractivity contribution in [2.75, 3.05) is 13.6 Å². The second kappa shape index (κ2) is 3.94. The van der Waals surface area contributed by atoms with E-state index in [2.05, 4.69) is 5.32 Å². The molecule has 1 aliphatic carbocycles. The lowest BCUT2D eigenvalue weighted by Crippen LogP contribution is -2.30. The zero-order valence-corrected chi connectivity index (χ0v) is 6.77. The molecule has 0 aliphatic heterocycles. The van der Waals surface area contributed by atoms with Gasteiger partial charge in [-0.2, -0.15) is 0 Å². The smallest absolute Gasteiger partial charge is 0.00390 e. The minimum absolute atomic E-state index is 0.494. The first-order chi connectivity index (χ1) is 4.83. The van der Waals surface area contributed by atoms with Crippen molar-refractivity contribution in [3.63, 3.8) is 0 Å². The Morgan fingerprint density at radius 1 is 1.30 bits per heavy atom. The summed E-state index contributed by atoms with van der Waals surface area (Å²) < 4.78 is 0. The van der Waals surface area contributed by atoms with Crippen molar-refractivity contribution in [3.8, 4) is 0 Å². The Morgan fingerprint density at radius 3 is 2.40 bits per heavy atom. The van der Waals surface area contributed by atoms with Gasteiger partial charge in [-0.25, -0.2) is 0 Å². The van der Waals surface area contributed by atoms with Gasteiger partial charge in [0.15, 0.2) is 0 Å². The Labute approximate surface area is 63.2 Å². The fourth-order valence-electron chi connectivity index (χ4n) is 1.68. The first-order valence-electron chi connectivity index (χ1n) is 4.23. The summed E-state index contributed by atoms with van der Waals surface area (Å²) in [4.78, 5) is 0. The number of nitrogens with two attached hydrogens (primary N) is 1. The Balaban J connectivity index is 2.13. The van der Waals surface area contributed by atoms with Gasteiger partial charge < -0.3 is 11.1 Å². The van der Waals surface area contributed by atoms with Gasteiger partial charge in [-0.3, -0.25) is 0 Å². The molecule has 0 spiro atoms. The van der Waals surface area contributed by atoms with E-state index in [0.29, 0.717) is 6.04 Å². The van der Waals surface area contributed by atoms with E-state index in [1.165, 1.54) is 32.2 Å². The van der Waals surface area contributed by atoms with Gasteiger partial charge in [0, 0.05) is 6.04 Å². The van der Waals surface area contributed by atoms with Crippen LogP contribution in [0.15, 0.2) is 0 Å². The number of hydrogen-bond donors (Lipinski definition) is 2. The maximum Gasteiger partial charge on any atom is 0.00390 e. The standard InChI is InChI=1S/C8H18N2/c1-10-6-7-2-4-8(9)5-3-7/h7-8,10H,2-6,9H2,1H3/t7-,8-. The summed E-state index contributed by atoms with van der Waals surface area (Å²) in [6.07, 6.45) is 5.10. The Hall–Kier alpha value is -0.0800. The fourth-order valence-corrected chi connectivity index (χ4v) is 1.68. The van der Waals surface area contributed by atoms with Gasteiger partial charge in [-0.1, -0.05) is 0 Å². The van der Waals surface area contributed by atoms with E-state index in [0.717, 1.165) is 5.92 Å². The second-order valence-corrected chi connectivity index (χ2v) is 3.34. The highest BCUT2D eigenvalue weighted by molar-refractivity contribution is 4.74. The van der Waals surface area contributed by atoms with Crippen LogP contribution in [0.4, 0.5) is 0 Å². The molecule has 0 aromatic carbocycles. The van der Waals surface area contributed by atoms with Crippen LogP contribution in [0.25, 0.3) is 0 Å². The molecule has 1 aliphatic rings. The molecule has 0 atom stereocenters. The van der Waals surface area contributed by atoms with Crippen LogP contribution in [-0.4, -0.2) is 19.6 Å². The van der Waals surface area contributed by atoms with Crippen molar-refractivity contribution < 1.29 is 0 Å². The Kier molecular flexibility index (Phi) is 3.16. The van der Waals surface area contributed by atoms with E-state index < -0.39 is 0 Å². The van der Waals surface area contributed by atoms with Gasteiger partial charge in [0.1, 0.15) is 0 Å². The fraction of sp³-hybridized carbons (Fsp3) is 1.00. The van der Waals surface area contributed by atoms with E-state index in [4.69, 9.17) is 5.73 Å². The molecule has 2 nitrogen and oxygen atoms in total. The van der Waals surface area contributed by atoms with Crippen molar-refractivity contribution in [3.05, 3.63) is 0 Å². The van der Waals surface area contributed by atoms with Crippen molar-refractivity contribution >= 4 is 0 Å². The molecule has 3 N–H and O–H groups in total. The minimum atomic E-state index is 0.494. The van der Waals surface area contributed by atoms with Gasteiger partial charge in [-0.05, 0) is 45.2 Å². The van der Waals surface area contributed by atoms with Crippen LogP contribution >= 0.6 is 0 Å². The monoisotopic (exact) mass is 142 g/mol. The van der Waals surface area contributed by atoms with Gasteiger partial charge in [0.25, 0.3) is 0 Å². The summed E-state index contributed by atoms with van der Waals surface area (Å²) in [5.74, 6) is 0.893. The molecule has 1 rings (SSSR count). The molecule has 10 heavy (non-hydrogen) atoms. The lowest BCUT2D eigenvalue weighted by Gasteiger charge is -2.25. The van der Waals surface area contributed by atoms with E-state index >= 15 is 0 Å². The zero-order valence-electron chi connectivity index (χ0n) is 6.77. The van der Waals surface area contributed by atoms with Gasteiger partial charge in [-0.15, -0.1) is 0 Å². The summed E-state index contributed by atoms with van der Waals surface area (Å²) in [6, 6.07) is 0.494. The zero-order chi connectivity index (χ0) is 7.40. The van der Waals surface area contributed by atoms with E-state index in [9.17, 15) is 0 Å². The summed E-state index contributed by atoms with van der Waals surface area (Å²) in [5.41, 5.74) is 5.77. The molecular formula is C8H18N2. The Morgan fingerprint density at radius 2 is 1.90 bits per heavy atom. The third-order valence-electron chi connectivity index (χ3n) is 2.38. The van der Waals surface area contributed by atoms with Crippen molar-refractivity contribution in [2.24, 2.45) is 11.7 Å². The molecule has 1 saturated carbocycles. The largest absolute Gasteiger partial charge is 0.328 e. The van der Waals surface area contributed by atoms with Crippen LogP contribution in [0.1, 0.15) is 25.7 Å². The lowest BCUT2D eigenvalue weighted by molar-refractivity contribution is 0.320. The first kappa shape index (κ1) is 8.02. The number of nitrogens with one attached hydrogen (secondary N) is 1. The third kappa shape index (κ3) is 2.27. The minimum Gasteiger partial charge on any atom is -0.328 e. The van der Waals surface area contributed by atoms with E-state index in [1.54, 1.807) is 0 Å². The molecular weight excluding hydrogens is 124 g/mol. The molecule has 0 bridgehead atoms. The highest BCUT2D eigenvalue weighted by Crippen LogP contribution is 2.21. The predicted molar refractivity (Wildman–Crippen MR) is 43.9 cm³/mol. The summed E-state index contributed by atoms with van der Waals surface area (Å²) in [5, 5.41) is 3.21.